The van der Waals surface area contributed by atoms with E-state index in [1.165, 1.54) is 17.0 Å². The molecule has 1 aliphatic carbocycles. The average Bonchev–Trinajstić information content (AvgIpc) is 3.30. The van der Waals surface area contributed by atoms with Gasteiger partial charge >= 0.3 is 6.03 Å². The number of amides is 3. The third kappa shape index (κ3) is 4.25. The van der Waals surface area contributed by atoms with E-state index >= 15 is 0 Å². The standard InChI is InChI=1S/C25H25FN4O3/c1-16-6-8-17(9-7-16)14-30-24(31)20-4-2-3-5-21(20)29(25(30)32)15-22-27-23(28-33-22)18-10-12-19(26)13-11-18/h6-13,20-21H,2-5,14-15H2,1H3. The van der Waals surface area contributed by atoms with Gasteiger partial charge < -0.3 is 9.42 Å². The minimum Gasteiger partial charge on any atom is -0.337 e. The maximum Gasteiger partial charge on any atom is 0.327 e. The van der Waals surface area contributed by atoms with Gasteiger partial charge in [-0.1, -0.05) is 47.8 Å². The van der Waals surface area contributed by atoms with E-state index in [1.807, 2.05) is 31.2 Å². The van der Waals surface area contributed by atoms with E-state index in [0.29, 0.717) is 11.4 Å². The van der Waals surface area contributed by atoms with Crippen molar-refractivity contribution >= 4 is 11.9 Å². The van der Waals surface area contributed by atoms with Crippen LogP contribution in [0, 0.1) is 18.7 Å². The first kappa shape index (κ1) is 21.3. The van der Waals surface area contributed by atoms with Crippen molar-refractivity contribution in [3.8, 4) is 11.4 Å². The molecule has 0 N–H and O–H groups in total. The van der Waals surface area contributed by atoms with Crippen molar-refractivity contribution in [2.75, 3.05) is 0 Å². The van der Waals surface area contributed by atoms with Crippen LogP contribution in [-0.2, 0) is 17.9 Å². The van der Waals surface area contributed by atoms with Crippen molar-refractivity contribution in [3.05, 3.63) is 71.4 Å². The fourth-order valence-electron chi connectivity index (χ4n) is 4.75. The van der Waals surface area contributed by atoms with Gasteiger partial charge in [-0.25, -0.2) is 9.18 Å². The van der Waals surface area contributed by atoms with Crippen LogP contribution in [0.2, 0.25) is 0 Å². The lowest BCUT2D eigenvalue weighted by Crippen LogP contribution is -2.61. The summed E-state index contributed by atoms with van der Waals surface area (Å²) >= 11 is 0. The van der Waals surface area contributed by atoms with Crippen LogP contribution in [0.25, 0.3) is 11.4 Å². The molecule has 1 aromatic heterocycles. The molecule has 7 nitrogen and oxygen atoms in total. The molecule has 2 atom stereocenters. The molecular formula is C25H25FN4O3. The first-order valence-corrected chi connectivity index (χ1v) is 11.3. The summed E-state index contributed by atoms with van der Waals surface area (Å²) in [6, 6.07) is 13.2. The van der Waals surface area contributed by atoms with Gasteiger partial charge in [-0.2, -0.15) is 4.98 Å². The Hall–Kier alpha value is -3.55. The molecule has 2 aromatic carbocycles. The lowest BCUT2D eigenvalue weighted by atomic mass is 9.81. The summed E-state index contributed by atoms with van der Waals surface area (Å²) in [7, 11) is 0. The van der Waals surface area contributed by atoms with Crippen LogP contribution < -0.4 is 0 Å². The Labute approximate surface area is 191 Å². The Morgan fingerprint density at radius 1 is 1.00 bits per heavy atom. The maximum atomic E-state index is 13.5. The number of nitrogens with zero attached hydrogens (tertiary/aromatic N) is 4. The highest BCUT2D eigenvalue weighted by atomic mass is 19.1. The van der Waals surface area contributed by atoms with Crippen LogP contribution in [0.1, 0.15) is 42.7 Å². The van der Waals surface area contributed by atoms with Gasteiger partial charge in [-0.15, -0.1) is 0 Å². The fourth-order valence-corrected chi connectivity index (χ4v) is 4.75. The van der Waals surface area contributed by atoms with Gasteiger partial charge in [0, 0.05) is 11.6 Å². The van der Waals surface area contributed by atoms with Gasteiger partial charge in [0.1, 0.15) is 12.4 Å². The quantitative estimate of drug-likeness (QED) is 0.565. The minimum absolute atomic E-state index is 0.0981. The molecule has 1 saturated heterocycles. The van der Waals surface area contributed by atoms with E-state index in [9.17, 15) is 14.0 Å². The molecule has 170 valence electrons. The van der Waals surface area contributed by atoms with Crippen LogP contribution in [-0.4, -0.2) is 37.9 Å². The molecule has 1 aliphatic heterocycles. The highest BCUT2D eigenvalue weighted by Gasteiger charge is 2.47. The van der Waals surface area contributed by atoms with E-state index in [4.69, 9.17) is 4.52 Å². The molecule has 2 aliphatic rings. The minimum atomic E-state index is -0.344. The third-order valence-electron chi connectivity index (χ3n) is 6.53. The zero-order valence-electron chi connectivity index (χ0n) is 18.4. The van der Waals surface area contributed by atoms with Crippen LogP contribution in [0.5, 0.6) is 0 Å². The molecule has 2 fully saturated rings. The number of carbonyl (C=O) groups excluding carboxylic acids is 2. The molecule has 0 spiro atoms. The number of benzene rings is 2. The zero-order valence-corrected chi connectivity index (χ0v) is 18.4. The van der Waals surface area contributed by atoms with Crippen molar-refractivity contribution in [1.82, 2.24) is 19.9 Å². The summed E-state index contributed by atoms with van der Waals surface area (Å²) in [6.45, 7) is 2.37. The molecule has 33 heavy (non-hydrogen) atoms. The van der Waals surface area contributed by atoms with Crippen LogP contribution >= 0.6 is 0 Å². The van der Waals surface area contributed by atoms with Crippen LogP contribution in [0.3, 0.4) is 0 Å². The van der Waals surface area contributed by atoms with Crippen molar-refractivity contribution in [1.29, 1.82) is 0 Å². The zero-order chi connectivity index (χ0) is 22.9. The summed E-state index contributed by atoms with van der Waals surface area (Å²) in [5.74, 6) is -0.0395. The van der Waals surface area contributed by atoms with Crippen LogP contribution in [0.4, 0.5) is 9.18 Å². The van der Waals surface area contributed by atoms with E-state index < -0.39 is 0 Å². The second-order valence-electron chi connectivity index (χ2n) is 8.80. The predicted molar refractivity (Wildman–Crippen MR) is 118 cm³/mol. The first-order valence-electron chi connectivity index (χ1n) is 11.3. The number of fused-ring (bicyclic) bond motifs is 1. The van der Waals surface area contributed by atoms with Gasteiger partial charge in [0.2, 0.25) is 17.6 Å². The molecule has 0 bridgehead atoms. The normalized spacial score (nSPS) is 20.8. The number of aryl methyl sites for hydroxylation is 1. The van der Waals surface area contributed by atoms with E-state index in [-0.39, 0.29) is 48.7 Å². The number of hydrogen-bond donors (Lipinski definition) is 0. The largest absolute Gasteiger partial charge is 0.337 e. The summed E-state index contributed by atoms with van der Waals surface area (Å²) in [5.41, 5.74) is 2.66. The van der Waals surface area contributed by atoms with Gasteiger partial charge in [0.25, 0.3) is 0 Å². The van der Waals surface area contributed by atoms with Crippen LogP contribution in [0.15, 0.2) is 53.1 Å². The Morgan fingerprint density at radius 3 is 2.48 bits per heavy atom. The van der Waals surface area contributed by atoms with Gasteiger partial charge in [-0.05, 0) is 49.6 Å². The highest BCUT2D eigenvalue weighted by molar-refractivity contribution is 5.98. The molecule has 1 saturated carbocycles. The lowest BCUT2D eigenvalue weighted by molar-refractivity contribution is -0.141. The van der Waals surface area contributed by atoms with Crippen molar-refractivity contribution in [3.63, 3.8) is 0 Å². The second kappa shape index (κ2) is 8.77. The molecule has 8 heteroatoms. The molecule has 5 rings (SSSR count). The second-order valence-corrected chi connectivity index (χ2v) is 8.80. The summed E-state index contributed by atoms with van der Waals surface area (Å²) < 4.78 is 18.6. The van der Waals surface area contributed by atoms with Gasteiger partial charge in [0.05, 0.1) is 12.5 Å². The molecular weight excluding hydrogens is 423 g/mol. The predicted octanol–water partition coefficient (Wildman–Crippen LogP) is 4.71. The van der Waals surface area contributed by atoms with Crippen molar-refractivity contribution < 1.29 is 18.5 Å². The molecule has 3 amide bonds. The SMILES string of the molecule is Cc1ccc(CN2C(=O)C3CCCCC3N(Cc3nc(-c4ccc(F)cc4)no3)C2=O)cc1. The monoisotopic (exact) mass is 448 g/mol. The number of urea groups is 1. The van der Waals surface area contributed by atoms with Gasteiger partial charge in [0.15, 0.2) is 0 Å². The number of imide groups is 1. The fraction of sp³-hybridized carbons (Fsp3) is 0.360. The number of carbonyl (C=O) groups is 2. The summed E-state index contributed by atoms with van der Waals surface area (Å²) in [5, 5.41) is 3.99. The third-order valence-corrected chi connectivity index (χ3v) is 6.53. The number of halogens is 1. The maximum absolute atomic E-state index is 13.5. The number of aromatic nitrogens is 2. The molecule has 0 radical (unpaired) electrons. The Kier molecular flexibility index (Phi) is 5.66. The molecule has 2 heterocycles. The lowest BCUT2D eigenvalue weighted by Gasteiger charge is -2.46. The Bertz CT molecular complexity index is 1160. The summed E-state index contributed by atoms with van der Waals surface area (Å²) in [6.07, 6.45) is 3.49. The van der Waals surface area contributed by atoms with E-state index in [2.05, 4.69) is 10.1 Å². The number of hydrogen-bond acceptors (Lipinski definition) is 5. The highest BCUT2D eigenvalue weighted by Crippen LogP contribution is 2.36. The number of rotatable bonds is 5. The molecule has 3 aromatic rings. The van der Waals surface area contributed by atoms with E-state index in [0.717, 1.165) is 36.8 Å². The summed E-state index contributed by atoms with van der Waals surface area (Å²) in [4.78, 5) is 34.2. The van der Waals surface area contributed by atoms with Crippen molar-refractivity contribution in [2.24, 2.45) is 5.92 Å². The molecule has 2 unspecified atom stereocenters. The smallest absolute Gasteiger partial charge is 0.327 e. The Morgan fingerprint density at radius 2 is 1.73 bits per heavy atom. The average molecular weight is 448 g/mol. The van der Waals surface area contributed by atoms with Gasteiger partial charge in [-0.3, -0.25) is 9.69 Å². The van der Waals surface area contributed by atoms with E-state index in [1.54, 1.807) is 17.0 Å². The first-order chi connectivity index (χ1) is 16.0. The Balaban J connectivity index is 1.40. The topological polar surface area (TPSA) is 79.5 Å². The van der Waals surface area contributed by atoms with Crippen molar-refractivity contribution in [2.45, 2.75) is 51.7 Å².